The summed E-state index contributed by atoms with van der Waals surface area (Å²) in [5.41, 5.74) is 5.65. The second-order valence-electron chi connectivity index (χ2n) is 5.32. The summed E-state index contributed by atoms with van der Waals surface area (Å²) in [6, 6.07) is -0.702. The predicted octanol–water partition coefficient (Wildman–Crippen LogP) is -1.56. The van der Waals surface area contributed by atoms with E-state index in [2.05, 4.69) is 20.8 Å². The maximum Gasteiger partial charge on any atom is 0.353 e. The van der Waals surface area contributed by atoms with Crippen LogP contribution in [0.4, 0.5) is 0 Å². The minimum Gasteiger partial charge on any atom is -0.477 e. The van der Waals surface area contributed by atoms with E-state index >= 15 is 0 Å². The first-order chi connectivity index (χ1) is 11.8. The fraction of sp³-hybridized carbons (Fsp3) is 0.500. The summed E-state index contributed by atoms with van der Waals surface area (Å²) in [7, 11) is 1.49. The average molecular weight is 385 g/mol. The molecule has 2 aliphatic heterocycles. The number of rotatable bonds is 5. The Balaban J connectivity index is 1.95. The lowest BCUT2D eigenvalue weighted by Gasteiger charge is -2.49. The Morgan fingerprint density at radius 3 is 2.84 bits per heavy atom. The monoisotopic (exact) mass is 385 g/mol. The zero-order chi connectivity index (χ0) is 18.3. The van der Waals surface area contributed by atoms with E-state index in [0.717, 1.165) is 11.8 Å². The summed E-state index contributed by atoms with van der Waals surface area (Å²) >= 11 is 2.43. The molecule has 2 amide bonds. The van der Waals surface area contributed by atoms with Gasteiger partial charge in [-0.05, 0) is 29.1 Å². The van der Waals surface area contributed by atoms with Gasteiger partial charge in [-0.15, -0.1) is 16.9 Å². The number of nitrogens with one attached hydrogen (secondary N) is 1. The van der Waals surface area contributed by atoms with Crippen LogP contribution in [-0.4, -0.2) is 71.7 Å². The van der Waals surface area contributed by atoms with E-state index in [1.54, 1.807) is 0 Å². The first-order valence-corrected chi connectivity index (χ1v) is 8.97. The van der Waals surface area contributed by atoms with Crippen molar-refractivity contribution in [2.45, 2.75) is 35.3 Å². The molecule has 1 saturated heterocycles. The van der Waals surface area contributed by atoms with Gasteiger partial charge in [-0.3, -0.25) is 14.5 Å². The highest BCUT2D eigenvalue weighted by Gasteiger charge is 2.53. The minimum atomic E-state index is -1.22. The number of carbonyl (C=O) groups excluding carboxylic acids is 2. The number of fused-ring (bicyclic) bond motifs is 1. The number of β-lactam (4-membered cyclic amide) rings is 1. The third kappa shape index (κ3) is 2.98. The molecule has 13 heteroatoms. The van der Waals surface area contributed by atoms with Crippen molar-refractivity contribution in [2.24, 2.45) is 5.73 Å². The lowest BCUT2D eigenvalue weighted by molar-refractivity contribution is -0.147. The number of tetrazole rings is 1. The van der Waals surface area contributed by atoms with Crippen LogP contribution in [0.1, 0.15) is 6.92 Å². The number of amides is 2. The van der Waals surface area contributed by atoms with Gasteiger partial charge in [0, 0.05) is 17.2 Å². The van der Waals surface area contributed by atoms with Crippen LogP contribution in [0, 0.1) is 0 Å². The molecule has 2 unspecified atom stereocenters. The van der Waals surface area contributed by atoms with Gasteiger partial charge in [-0.2, -0.15) is 0 Å². The molecule has 0 aliphatic carbocycles. The topological polar surface area (TPSA) is 156 Å². The lowest BCUT2D eigenvalue weighted by atomic mass is 10.1. The maximum absolute atomic E-state index is 12.0. The molecular formula is C12H15N7O4S2. The van der Waals surface area contributed by atoms with Crippen molar-refractivity contribution in [3.8, 4) is 0 Å². The van der Waals surface area contributed by atoms with E-state index in [1.165, 1.54) is 28.4 Å². The van der Waals surface area contributed by atoms with E-state index in [4.69, 9.17) is 5.73 Å². The molecule has 1 aromatic rings. The molecule has 0 saturated carbocycles. The number of hydrogen-bond donors (Lipinski definition) is 3. The Kier molecular flexibility index (Phi) is 4.71. The zero-order valence-corrected chi connectivity index (χ0v) is 14.9. The molecule has 1 fully saturated rings. The number of aliphatic carboxylic acids is 1. The molecule has 0 aromatic carbocycles. The first kappa shape index (κ1) is 17.7. The van der Waals surface area contributed by atoms with Gasteiger partial charge in [0.15, 0.2) is 0 Å². The third-order valence-electron chi connectivity index (χ3n) is 3.75. The van der Waals surface area contributed by atoms with Crippen molar-refractivity contribution in [1.82, 2.24) is 30.4 Å². The standard InChI is InChI=1S/C12H15N7O4S2/c1-4-8(25-12-15-16-17-18(12)3-5(20)14-2)7(11(22)23)19-9(21)6(13)10(19)24-4/h4,6,10H,3,13H2,1-2H3,(H,14,20)(H,22,23)/t4?,6?,10-/m1/s1. The van der Waals surface area contributed by atoms with Gasteiger partial charge < -0.3 is 16.2 Å². The van der Waals surface area contributed by atoms with E-state index < -0.39 is 17.9 Å². The number of carbonyl (C=O) groups is 3. The molecule has 3 atom stereocenters. The van der Waals surface area contributed by atoms with Gasteiger partial charge in [0.2, 0.25) is 17.0 Å². The van der Waals surface area contributed by atoms with Crippen LogP contribution in [0.15, 0.2) is 15.8 Å². The SMILES string of the molecule is CNC(=O)Cn1nnnc1SC1=C(C(=O)O)N2C(=O)C(N)[C@H]2SC1C. The van der Waals surface area contributed by atoms with Crippen LogP contribution in [0.5, 0.6) is 0 Å². The molecular weight excluding hydrogens is 370 g/mol. The Labute approximate surface area is 150 Å². The average Bonchev–Trinajstić information content (AvgIpc) is 3.01. The highest BCUT2D eigenvalue weighted by atomic mass is 32.2. The van der Waals surface area contributed by atoms with Gasteiger partial charge >= 0.3 is 5.97 Å². The van der Waals surface area contributed by atoms with Gasteiger partial charge in [-0.1, -0.05) is 0 Å². The van der Waals surface area contributed by atoms with E-state index in [9.17, 15) is 19.5 Å². The van der Waals surface area contributed by atoms with Crippen LogP contribution in [0.2, 0.25) is 0 Å². The van der Waals surface area contributed by atoms with Gasteiger partial charge in [0.05, 0.1) is 0 Å². The van der Waals surface area contributed by atoms with Crippen molar-refractivity contribution >= 4 is 41.3 Å². The summed E-state index contributed by atoms with van der Waals surface area (Å²) in [5.74, 6) is -1.94. The van der Waals surface area contributed by atoms with Crippen molar-refractivity contribution in [2.75, 3.05) is 7.05 Å². The summed E-state index contributed by atoms with van der Waals surface area (Å²) < 4.78 is 1.27. The normalized spacial score (nSPS) is 25.5. The molecule has 25 heavy (non-hydrogen) atoms. The van der Waals surface area contributed by atoms with Crippen LogP contribution >= 0.6 is 23.5 Å². The summed E-state index contributed by atoms with van der Waals surface area (Å²) in [6.07, 6.45) is 0. The molecule has 0 spiro atoms. The zero-order valence-electron chi connectivity index (χ0n) is 13.2. The van der Waals surface area contributed by atoms with Gasteiger partial charge in [0.25, 0.3) is 0 Å². The fourth-order valence-corrected chi connectivity index (χ4v) is 4.98. The Bertz CT molecular complexity index is 779. The van der Waals surface area contributed by atoms with Crippen LogP contribution in [-0.2, 0) is 20.9 Å². The molecule has 11 nitrogen and oxygen atoms in total. The number of hydrogen-bond acceptors (Lipinski definition) is 9. The Hall–Kier alpha value is -2.12. The second-order valence-corrected chi connectivity index (χ2v) is 7.79. The third-order valence-corrected chi connectivity index (χ3v) is 6.56. The van der Waals surface area contributed by atoms with Gasteiger partial charge in [0.1, 0.15) is 23.7 Å². The highest BCUT2D eigenvalue weighted by molar-refractivity contribution is 8.06. The van der Waals surface area contributed by atoms with Crippen LogP contribution < -0.4 is 11.1 Å². The molecule has 4 N–H and O–H groups in total. The number of thioether (sulfide) groups is 2. The summed E-state index contributed by atoms with van der Waals surface area (Å²) in [6.45, 7) is 1.73. The summed E-state index contributed by atoms with van der Waals surface area (Å²) in [4.78, 5) is 36.9. The summed E-state index contributed by atoms with van der Waals surface area (Å²) in [5, 5.41) is 22.8. The van der Waals surface area contributed by atoms with Crippen molar-refractivity contribution < 1.29 is 19.5 Å². The van der Waals surface area contributed by atoms with E-state index in [1.807, 2.05) is 6.92 Å². The van der Waals surface area contributed by atoms with Crippen molar-refractivity contribution in [3.63, 3.8) is 0 Å². The largest absolute Gasteiger partial charge is 0.477 e. The van der Waals surface area contributed by atoms with E-state index in [-0.39, 0.29) is 33.9 Å². The molecule has 3 heterocycles. The number of carboxylic acid groups (broad SMARTS) is 1. The maximum atomic E-state index is 12.0. The number of likely N-dealkylation sites (N-methyl/N-ethyl adjacent to an activating group) is 1. The quantitative estimate of drug-likeness (QED) is 0.506. The van der Waals surface area contributed by atoms with Crippen molar-refractivity contribution in [1.29, 1.82) is 0 Å². The highest BCUT2D eigenvalue weighted by Crippen LogP contribution is 2.48. The number of carboxylic acids is 1. The number of nitrogens with two attached hydrogens (primary N) is 1. The minimum absolute atomic E-state index is 0.0980. The Morgan fingerprint density at radius 2 is 2.20 bits per heavy atom. The molecule has 134 valence electrons. The molecule has 3 rings (SSSR count). The molecule has 0 radical (unpaired) electrons. The smallest absolute Gasteiger partial charge is 0.353 e. The molecule has 1 aromatic heterocycles. The fourth-order valence-electron chi connectivity index (χ4n) is 2.47. The second kappa shape index (κ2) is 6.65. The Morgan fingerprint density at radius 1 is 1.48 bits per heavy atom. The van der Waals surface area contributed by atoms with E-state index in [0.29, 0.717) is 4.91 Å². The molecule has 0 bridgehead atoms. The van der Waals surface area contributed by atoms with Gasteiger partial charge in [-0.25, -0.2) is 9.48 Å². The molecule has 2 aliphatic rings. The number of nitrogens with zero attached hydrogens (tertiary/aromatic N) is 5. The number of aromatic nitrogens is 4. The predicted molar refractivity (Wildman–Crippen MR) is 88.1 cm³/mol. The lowest BCUT2D eigenvalue weighted by Crippen LogP contribution is -2.68. The van der Waals surface area contributed by atoms with Crippen molar-refractivity contribution in [3.05, 3.63) is 10.6 Å². The first-order valence-electron chi connectivity index (χ1n) is 7.21. The van der Waals surface area contributed by atoms with Crippen LogP contribution in [0.3, 0.4) is 0 Å². The van der Waals surface area contributed by atoms with Crippen LogP contribution in [0.25, 0.3) is 0 Å².